The van der Waals surface area contributed by atoms with E-state index in [9.17, 15) is 4.79 Å². The number of aromatic nitrogens is 3. The number of carbonyl (C=O) groups excluding carboxylic acids is 1. The minimum atomic E-state index is 0.112. The highest BCUT2D eigenvalue weighted by molar-refractivity contribution is 6.30. The molecule has 0 aliphatic carbocycles. The van der Waals surface area contributed by atoms with Crippen LogP contribution < -0.4 is 10.2 Å². The van der Waals surface area contributed by atoms with Crippen LogP contribution in [-0.2, 0) is 4.79 Å². The molecule has 130 valence electrons. The van der Waals surface area contributed by atoms with Gasteiger partial charge in [0.25, 0.3) is 0 Å². The van der Waals surface area contributed by atoms with Crippen LogP contribution in [0.3, 0.4) is 0 Å². The number of amides is 1. The van der Waals surface area contributed by atoms with Crippen LogP contribution in [0, 0.1) is 0 Å². The van der Waals surface area contributed by atoms with E-state index in [1.54, 1.807) is 23.4 Å². The van der Waals surface area contributed by atoms with Gasteiger partial charge in [0.05, 0.1) is 5.69 Å². The molecule has 4 rings (SSSR count). The molecule has 1 fully saturated rings. The van der Waals surface area contributed by atoms with Crippen molar-refractivity contribution in [3.05, 3.63) is 59.9 Å². The average Bonchev–Trinajstić information content (AvgIpc) is 3.08. The second kappa shape index (κ2) is 7.09. The van der Waals surface area contributed by atoms with Crippen molar-refractivity contribution in [3.8, 4) is 11.3 Å². The van der Waals surface area contributed by atoms with Gasteiger partial charge in [0.2, 0.25) is 11.9 Å². The maximum Gasteiger partial charge on any atom is 0.228 e. The summed E-state index contributed by atoms with van der Waals surface area (Å²) in [5, 5.41) is 3.78. The number of nitrogens with one attached hydrogen (secondary N) is 1. The first kappa shape index (κ1) is 16.5. The number of hydrogen-bond donors (Lipinski definition) is 1. The lowest BCUT2D eigenvalue weighted by Gasteiger charge is -2.15. The van der Waals surface area contributed by atoms with Crippen molar-refractivity contribution in [1.29, 1.82) is 0 Å². The highest BCUT2D eigenvalue weighted by Crippen LogP contribution is 2.25. The minimum Gasteiger partial charge on any atom is -0.324 e. The van der Waals surface area contributed by atoms with Crippen molar-refractivity contribution in [2.24, 2.45) is 0 Å². The molecule has 1 N–H and O–H groups in total. The summed E-state index contributed by atoms with van der Waals surface area (Å²) < 4.78 is 0. The molecule has 1 aliphatic heterocycles. The summed E-state index contributed by atoms with van der Waals surface area (Å²) in [6.07, 6.45) is 4.83. The fraction of sp³-hybridized carbons (Fsp3) is 0.158. The van der Waals surface area contributed by atoms with Crippen molar-refractivity contribution < 1.29 is 4.79 Å². The summed E-state index contributed by atoms with van der Waals surface area (Å²) in [4.78, 5) is 26.8. The molecular weight excluding hydrogens is 350 g/mol. The molecule has 0 unspecified atom stereocenters. The van der Waals surface area contributed by atoms with Gasteiger partial charge in [0.15, 0.2) is 0 Å². The van der Waals surface area contributed by atoms with E-state index in [-0.39, 0.29) is 5.91 Å². The van der Waals surface area contributed by atoms with Gasteiger partial charge in [0.1, 0.15) is 5.82 Å². The van der Waals surface area contributed by atoms with Crippen LogP contribution in [0.15, 0.2) is 54.9 Å². The normalized spacial score (nSPS) is 13.9. The van der Waals surface area contributed by atoms with Gasteiger partial charge in [-0.05, 0) is 42.8 Å². The minimum absolute atomic E-state index is 0.112. The Labute approximate surface area is 155 Å². The van der Waals surface area contributed by atoms with Crippen LogP contribution in [-0.4, -0.2) is 27.4 Å². The quantitative estimate of drug-likeness (QED) is 0.754. The molecule has 3 heterocycles. The molecule has 0 atom stereocenters. The van der Waals surface area contributed by atoms with Crippen LogP contribution in [0.2, 0.25) is 5.02 Å². The number of nitrogens with zero attached hydrogens (tertiary/aromatic N) is 4. The molecular formula is C19H16ClN5O. The number of anilines is 3. The smallest absolute Gasteiger partial charge is 0.228 e. The summed E-state index contributed by atoms with van der Waals surface area (Å²) in [6, 6.07) is 12.9. The molecule has 26 heavy (non-hydrogen) atoms. The summed E-state index contributed by atoms with van der Waals surface area (Å²) in [7, 11) is 0. The number of halogens is 1. The largest absolute Gasteiger partial charge is 0.324 e. The Morgan fingerprint density at radius 2 is 1.96 bits per heavy atom. The molecule has 1 aliphatic rings. The van der Waals surface area contributed by atoms with Crippen LogP contribution >= 0.6 is 11.6 Å². The first-order chi connectivity index (χ1) is 12.7. The van der Waals surface area contributed by atoms with Crippen molar-refractivity contribution in [2.45, 2.75) is 12.8 Å². The molecule has 0 spiro atoms. The molecule has 1 saturated heterocycles. The third-order valence-electron chi connectivity index (χ3n) is 4.13. The lowest BCUT2D eigenvalue weighted by atomic mass is 10.2. The Morgan fingerprint density at radius 3 is 2.77 bits per heavy atom. The van der Waals surface area contributed by atoms with Gasteiger partial charge in [0, 0.05) is 41.6 Å². The van der Waals surface area contributed by atoms with Gasteiger partial charge in [-0.15, -0.1) is 0 Å². The monoisotopic (exact) mass is 365 g/mol. The molecule has 6 nitrogen and oxygen atoms in total. The van der Waals surface area contributed by atoms with Crippen molar-refractivity contribution in [2.75, 3.05) is 16.8 Å². The maximum absolute atomic E-state index is 11.9. The van der Waals surface area contributed by atoms with Gasteiger partial charge in [-0.3, -0.25) is 9.69 Å². The van der Waals surface area contributed by atoms with Crippen LogP contribution in [0.5, 0.6) is 0 Å². The highest BCUT2D eigenvalue weighted by atomic mass is 35.5. The molecule has 0 saturated carbocycles. The number of pyridine rings is 1. The molecule has 7 heteroatoms. The molecule has 0 radical (unpaired) electrons. The summed E-state index contributed by atoms with van der Waals surface area (Å²) in [5.41, 5.74) is 2.44. The third-order valence-corrected chi connectivity index (χ3v) is 4.36. The molecule has 2 aromatic heterocycles. The number of hydrogen-bond acceptors (Lipinski definition) is 5. The zero-order valence-corrected chi connectivity index (χ0v) is 14.6. The average molecular weight is 366 g/mol. The van der Waals surface area contributed by atoms with Gasteiger partial charge < -0.3 is 5.32 Å². The Hall–Kier alpha value is -2.99. The van der Waals surface area contributed by atoms with Crippen LogP contribution in [0.25, 0.3) is 11.3 Å². The Balaban J connectivity index is 1.61. The molecule has 1 aromatic carbocycles. The predicted octanol–water partition coefficient (Wildman–Crippen LogP) is 4.06. The topological polar surface area (TPSA) is 71.0 Å². The van der Waals surface area contributed by atoms with Gasteiger partial charge in [-0.2, -0.15) is 0 Å². The molecule has 1 amide bonds. The van der Waals surface area contributed by atoms with Crippen LogP contribution in [0.4, 0.5) is 17.5 Å². The van der Waals surface area contributed by atoms with E-state index in [1.165, 1.54) is 0 Å². The Morgan fingerprint density at radius 1 is 1.08 bits per heavy atom. The Bertz CT molecular complexity index is 962. The van der Waals surface area contributed by atoms with Crippen molar-refractivity contribution >= 4 is 35.0 Å². The zero-order chi connectivity index (χ0) is 17.9. The van der Waals surface area contributed by atoms with Crippen molar-refractivity contribution in [1.82, 2.24) is 15.0 Å². The van der Waals surface area contributed by atoms with E-state index in [4.69, 9.17) is 11.6 Å². The summed E-state index contributed by atoms with van der Waals surface area (Å²) in [5.74, 6) is 1.24. The van der Waals surface area contributed by atoms with E-state index >= 15 is 0 Å². The number of benzene rings is 1. The Kier molecular flexibility index (Phi) is 4.50. The first-order valence-corrected chi connectivity index (χ1v) is 8.69. The highest BCUT2D eigenvalue weighted by Gasteiger charge is 2.23. The van der Waals surface area contributed by atoms with Gasteiger partial charge in [-0.1, -0.05) is 17.7 Å². The maximum atomic E-state index is 11.9. The number of carbonyl (C=O) groups is 1. The lowest BCUT2D eigenvalue weighted by molar-refractivity contribution is -0.117. The van der Waals surface area contributed by atoms with Gasteiger partial charge in [-0.25, -0.2) is 15.0 Å². The van der Waals surface area contributed by atoms with Crippen molar-refractivity contribution in [3.63, 3.8) is 0 Å². The first-order valence-electron chi connectivity index (χ1n) is 8.31. The van der Waals surface area contributed by atoms with Gasteiger partial charge >= 0.3 is 0 Å². The predicted molar refractivity (Wildman–Crippen MR) is 102 cm³/mol. The molecule has 0 bridgehead atoms. The van der Waals surface area contributed by atoms with Crippen LogP contribution in [0.1, 0.15) is 12.8 Å². The summed E-state index contributed by atoms with van der Waals surface area (Å²) in [6.45, 7) is 0.709. The van der Waals surface area contributed by atoms with E-state index in [0.29, 0.717) is 29.8 Å². The summed E-state index contributed by atoms with van der Waals surface area (Å²) >= 11 is 6.01. The van der Waals surface area contributed by atoms with E-state index in [2.05, 4.69) is 20.3 Å². The second-order valence-corrected chi connectivity index (χ2v) is 6.39. The molecule has 3 aromatic rings. The lowest BCUT2D eigenvalue weighted by Crippen LogP contribution is -2.24. The van der Waals surface area contributed by atoms with E-state index in [1.807, 2.05) is 36.4 Å². The third kappa shape index (κ3) is 3.50. The van der Waals surface area contributed by atoms with E-state index < -0.39 is 0 Å². The fourth-order valence-corrected chi connectivity index (χ4v) is 3.08. The van der Waals surface area contributed by atoms with E-state index in [0.717, 1.165) is 23.4 Å². The zero-order valence-electron chi connectivity index (χ0n) is 13.9. The standard InChI is InChI=1S/C19H16ClN5O/c20-14-3-1-4-15(12-14)23-19-22-9-7-16(24-19)13-6-8-21-17(11-13)25-10-2-5-18(25)26/h1,3-4,6-9,11-12H,2,5,10H2,(H,22,23,24). The number of rotatable bonds is 4. The second-order valence-electron chi connectivity index (χ2n) is 5.95. The fourth-order valence-electron chi connectivity index (χ4n) is 2.89. The SMILES string of the molecule is O=C1CCCN1c1cc(-c2ccnc(Nc3cccc(Cl)c3)n2)ccn1.